The van der Waals surface area contributed by atoms with Gasteiger partial charge < -0.3 is 15.8 Å². The number of hydrogen-bond donors (Lipinski definition) is 2. The van der Waals surface area contributed by atoms with Gasteiger partial charge in [0.15, 0.2) is 0 Å². The fourth-order valence-corrected chi connectivity index (χ4v) is 2.31. The van der Waals surface area contributed by atoms with Gasteiger partial charge in [0.2, 0.25) is 0 Å². The fraction of sp³-hybridized carbons (Fsp3) is 0.625. The Morgan fingerprint density at radius 2 is 2.05 bits per heavy atom. The van der Waals surface area contributed by atoms with E-state index >= 15 is 0 Å². The van der Waals surface area contributed by atoms with E-state index in [2.05, 4.69) is 44.3 Å². The maximum atomic E-state index is 5.84. The maximum Gasteiger partial charge on any atom is 0.122 e. The number of benzene rings is 1. The third-order valence-corrected chi connectivity index (χ3v) is 3.75. The van der Waals surface area contributed by atoms with Gasteiger partial charge in [-0.25, -0.2) is 0 Å². The number of methoxy groups -OCH3 is 1. The molecule has 19 heavy (non-hydrogen) atoms. The van der Waals surface area contributed by atoms with E-state index in [0.717, 1.165) is 18.6 Å². The van der Waals surface area contributed by atoms with Crippen molar-refractivity contribution in [1.82, 2.24) is 5.32 Å². The van der Waals surface area contributed by atoms with Crippen LogP contribution in [0.4, 0.5) is 0 Å². The molecule has 108 valence electrons. The van der Waals surface area contributed by atoms with Gasteiger partial charge in [-0.05, 0) is 49.0 Å². The molecule has 0 aliphatic rings. The van der Waals surface area contributed by atoms with Gasteiger partial charge >= 0.3 is 0 Å². The van der Waals surface area contributed by atoms with Gasteiger partial charge in [0.25, 0.3) is 0 Å². The van der Waals surface area contributed by atoms with E-state index in [1.165, 1.54) is 11.1 Å². The lowest BCUT2D eigenvalue weighted by Crippen LogP contribution is -2.30. The molecule has 0 aliphatic heterocycles. The third kappa shape index (κ3) is 4.22. The molecule has 0 fully saturated rings. The highest BCUT2D eigenvalue weighted by Crippen LogP contribution is 2.31. The summed E-state index contributed by atoms with van der Waals surface area (Å²) in [5.74, 6) is 0.971. The zero-order chi connectivity index (χ0) is 14.5. The molecule has 0 saturated carbocycles. The van der Waals surface area contributed by atoms with E-state index in [0.29, 0.717) is 12.6 Å². The average Bonchev–Trinajstić information content (AvgIpc) is 2.44. The molecule has 0 aliphatic carbocycles. The van der Waals surface area contributed by atoms with Crippen molar-refractivity contribution in [2.75, 3.05) is 20.7 Å². The van der Waals surface area contributed by atoms with Crippen molar-refractivity contribution < 1.29 is 4.74 Å². The van der Waals surface area contributed by atoms with Crippen molar-refractivity contribution in [1.29, 1.82) is 0 Å². The van der Waals surface area contributed by atoms with Crippen molar-refractivity contribution >= 4 is 0 Å². The zero-order valence-corrected chi connectivity index (χ0v) is 12.9. The highest BCUT2D eigenvalue weighted by atomic mass is 16.5. The zero-order valence-electron chi connectivity index (χ0n) is 12.9. The van der Waals surface area contributed by atoms with Crippen LogP contribution in [0, 0.1) is 5.41 Å². The molecule has 1 aromatic carbocycles. The molecular formula is C16H28N2O. The van der Waals surface area contributed by atoms with Crippen molar-refractivity contribution in [3.63, 3.8) is 0 Å². The summed E-state index contributed by atoms with van der Waals surface area (Å²) in [6.07, 6.45) is 2.00. The second-order valence-electron chi connectivity index (χ2n) is 5.84. The van der Waals surface area contributed by atoms with Crippen LogP contribution in [0.3, 0.4) is 0 Å². The Labute approximate surface area is 117 Å². The number of ether oxygens (including phenoxy) is 1. The van der Waals surface area contributed by atoms with Gasteiger partial charge in [-0.3, -0.25) is 0 Å². The van der Waals surface area contributed by atoms with Crippen LogP contribution in [0.5, 0.6) is 5.75 Å². The predicted octanol–water partition coefficient (Wildman–Crippen LogP) is 2.89. The molecule has 1 rings (SSSR count). The van der Waals surface area contributed by atoms with E-state index in [1.807, 2.05) is 7.05 Å². The molecule has 1 atom stereocenters. The van der Waals surface area contributed by atoms with Crippen LogP contribution in [0.15, 0.2) is 18.2 Å². The largest absolute Gasteiger partial charge is 0.496 e. The minimum atomic E-state index is 0.139. The number of nitrogens with one attached hydrogen (secondary N) is 1. The van der Waals surface area contributed by atoms with Crippen molar-refractivity contribution in [3.8, 4) is 5.75 Å². The van der Waals surface area contributed by atoms with E-state index in [1.54, 1.807) is 7.11 Å². The summed E-state index contributed by atoms with van der Waals surface area (Å²) in [7, 11) is 3.73. The fourth-order valence-electron chi connectivity index (χ4n) is 2.31. The van der Waals surface area contributed by atoms with E-state index in [-0.39, 0.29) is 5.41 Å². The number of hydrogen-bond acceptors (Lipinski definition) is 3. The minimum Gasteiger partial charge on any atom is -0.496 e. The SMILES string of the molecule is CCc1cc(C(CC(C)(C)CN)NC)ccc1OC. The van der Waals surface area contributed by atoms with Crippen LogP contribution in [0.2, 0.25) is 0 Å². The Kier molecular flexibility index (Phi) is 5.83. The predicted molar refractivity (Wildman–Crippen MR) is 81.6 cm³/mol. The highest BCUT2D eigenvalue weighted by molar-refractivity contribution is 5.38. The molecule has 0 bridgehead atoms. The summed E-state index contributed by atoms with van der Waals surface area (Å²) in [4.78, 5) is 0. The van der Waals surface area contributed by atoms with E-state index in [4.69, 9.17) is 10.5 Å². The molecule has 0 saturated heterocycles. The first-order valence-electron chi connectivity index (χ1n) is 7.01. The monoisotopic (exact) mass is 264 g/mol. The standard InChI is InChI=1S/C16H28N2O/c1-6-12-9-13(7-8-15(12)19-5)14(18-4)10-16(2,3)11-17/h7-9,14,18H,6,10-11,17H2,1-5H3. The molecule has 1 unspecified atom stereocenters. The smallest absolute Gasteiger partial charge is 0.122 e. The van der Waals surface area contributed by atoms with Crippen LogP contribution in [-0.4, -0.2) is 20.7 Å². The Morgan fingerprint density at radius 3 is 2.53 bits per heavy atom. The first kappa shape index (κ1) is 16.0. The topological polar surface area (TPSA) is 47.3 Å². The summed E-state index contributed by atoms with van der Waals surface area (Å²) in [5, 5.41) is 3.40. The Balaban J connectivity index is 2.99. The Hall–Kier alpha value is -1.06. The summed E-state index contributed by atoms with van der Waals surface area (Å²) < 4.78 is 5.39. The quantitative estimate of drug-likeness (QED) is 0.796. The van der Waals surface area contributed by atoms with Crippen LogP contribution in [0.25, 0.3) is 0 Å². The van der Waals surface area contributed by atoms with Gasteiger partial charge in [0.05, 0.1) is 7.11 Å². The van der Waals surface area contributed by atoms with Crippen LogP contribution < -0.4 is 15.8 Å². The summed E-state index contributed by atoms with van der Waals surface area (Å²) in [6.45, 7) is 7.27. The molecule has 3 heteroatoms. The summed E-state index contributed by atoms with van der Waals surface area (Å²) in [6, 6.07) is 6.78. The molecule has 1 aromatic rings. The lowest BCUT2D eigenvalue weighted by Gasteiger charge is -2.29. The van der Waals surface area contributed by atoms with Crippen molar-refractivity contribution in [2.24, 2.45) is 11.1 Å². The molecule has 3 N–H and O–H groups in total. The Bertz CT molecular complexity index is 402. The highest BCUT2D eigenvalue weighted by Gasteiger charge is 2.22. The van der Waals surface area contributed by atoms with Gasteiger partial charge in [-0.2, -0.15) is 0 Å². The number of nitrogens with two attached hydrogens (primary N) is 1. The van der Waals surface area contributed by atoms with Gasteiger partial charge in [-0.1, -0.05) is 32.9 Å². The molecular weight excluding hydrogens is 236 g/mol. The van der Waals surface area contributed by atoms with Gasteiger partial charge in [-0.15, -0.1) is 0 Å². The minimum absolute atomic E-state index is 0.139. The maximum absolute atomic E-state index is 5.84. The lowest BCUT2D eigenvalue weighted by molar-refractivity contribution is 0.298. The molecule has 0 spiro atoms. The van der Waals surface area contributed by atoms with Gasteiger partial charge in [0.1, 0.15) is 5.75 Å². The molecule has 0 amide bonds. The van der Waals surface area contributed by atoms with Crippen molar-refractivity contribution in [3.05, 3.63) is 29.3 Å². The second-order valence-corrected chi connectivity index (χ2v) is 5.84. The number of aryl methyl sites for hydroxylation is 1. The van der Waals surface area contributed by atoms with Crippen molar-refractivity contribution in [2.45, 2.75) is 39.7 Å². The van der Waals surface area contributed by atoms with Crippen LogP contribution in [-0.2, 0) is 6.42 Å². The van der Waals surface area contributed by atoms with Crippen LogP contribution >= 0.6 is 0 Å². The van der Waals surface area contributed by atoms with E-state index < -0.39 is 0 Å². The third-order valence-electron chi connectivity index (χ3n) is 3.75. The first-order chi connectivity index (χ1) is 8.97. The molecule has 0 heterocycles. The Morgan fingerprint density at radius 1 is 1.37 bits per heavy atom. The number of rotatable bonds is 7. The lowest BCUT2D eigenvalue weighted by atomic mass is 9.83. The van der Waals surface area contributed by atoms with Gasteiger partial charge in [0, 0.05) is 6.04 Å². The normalized spacial score (nSPS) is 13.4. The molecule has 3 nitrogen and oxygen atoms in total. The summed E-state index contributed by atoms with van der Waals surface area (Å²) in [5.41, 5.74) is 8.54. The van der Waals surface area contributed by atoms with Crippen LogP contribution in [0.1, 0.15) is 44.4 Å². The summed E-state index contributed by atoms with van der Waals surface area (Å²) >= 11 is 0. The molecule has 0 radical (unpaired) electrons. The first-order valence-corrected chi connectivity index (χ1v) is 7.01. The molecule has 0 aromatic heterocycles. The second kappa shape index (κ2) is 6.92. The van der Waals surface area contributed by atoms with E-state index in [9.17, 15) is 0 Å². The average molecular weight is 264 g/mol.